The number of hydrogen-bond donors (Lipinski definition) is 1. The summed E-state index contributed by atoms with van der Waals surface area (Å²) in [6.45, 7) is 3.99. The van der Waals surface area contributed by atoms with Crippen LogP contribution in [0.2, 0.25) is 0 Å². The topological polar surface area (TPSA) is 26.2 Å². The van der Waals surface area contributed by atoms with Crippen LogP contribution in [0.5, 0.6) is 0 Å². The summed E-state index contributed by atoms with van der Waals surface area (Å²) in [6.07, 6.45) is 5.53. The van der Waals surface area contributed by atoms with Crippen LogP contribution in [0.1, 0.15) is 25.3 Å². The van der Waals surface area contributed by atoms with Gasteiger partial charge >= 0.3 is 0 Å². The zero-order valence-corrected chi connectivity index (χ0v) is 13.0. The van der Waals surface area contributed by atoms with E-state index in [-0.39, 0.29) is 0 Å². The van der Waals surface area contributed by atoms with Crippen LogP contribution in [0, 0.1) is 0 Å². The summed E-state index contributed by atoms with van der Waals surface area (Å²) in [5, 5.41) is 1.40. The largest absolute Gasteiger partial charge is 0.381 e. The maximum absolute atomic E-state index is 5.41. The van der Waals surface area contributed by atoms with Gasteiger partial charge in [-0.25, -0.2) is 0 Å². The summed E-state index contributed by atoms with van der Waals surface area (Å²) in [5.41, 5.74) is 2.75. The molecule has 1 N–H and O–H groups in total. The van der Waals surface area contributed by atoms with E-state index < -0.39 is 0 Å². The third-order valence-electron chi connectivity index (χ3n) is 4.00. The van der Waals surface area contributed by atoms with Crippen LogP contribution in [0.4, 0.5) is 0 Å². The Morgan fingerprint density at radius 3 is 2.90 bits per heavy atom. The number of ether oxygens (including phenoxy) is 1. The van der Waals surface area contributed by atoms with Gasteiger partial charge in [0.2, 0.25) is 0 Å². The average molecular weight is 290 g/mol. The number of nitrogens with one attached hydrogen (secondary N) is 1. The van der Waals surface area contributed by atoms with Gasteiger partial charge in [0.25, 0.3) is 0 Å². The summed E-state index contributed by atoms with van der Waals surface area (Å²) in [7, 11) is 2.13. The highest BCUT2D eigenvalue weighted by atomic mass is 32.2. The molecule has 0 saturated carbocycles. The van der Waals surface area contributed by atoms with Crippen LogP contribution >= 0.6 is 11.9 Å². The molecular formula is C16H22N2OS. The van der Waals surface area contributed by atoms with Crippen LogP contribution in [0.3, 0.4) is 0 Å². The highest BCUT2D eigenvalue weighted by Crippen LogP contribution is 2.31. The lowest BCUT2D eigenvalue weighted by molar-refractivity contribution is 0.0838. The molecule has 3 nitrogen and oxygen atoms in total. The Morgan fingerprint density at radius 1 is 1.35 bits per heavy atom. The van der Waals surface area contributed by atoms with Crippen LogP contribution in [-0.4, -0.2) is 23.8 Å². The molecule has 1 aliphatic rings. The molecule has 1 aliphatic heterocycles. The van der Waals surface area contributed by atoms with Gasteiger partial charge in [-0.15, -0.1) is 0 Å². The first kappa shape index (κ1) is 14.0. The van der Waals surface area contributed by atoms with Crippen molar-refractivity contribution in [2.45, 2.75) is 37.1 Å². The molecule has 2 heterocycles. The average Bonchev–Trinajstić information content (AvgIpc) is 2.83. The second kappa shape index (κ2) is 6.20. The van der Waals surface area contributed by atoms with Gasteiger partial charge in [0.15, 0.2) is 0 Å². The van der Waals surface area contributed by atoms with E-state index in [2.05, 4.69) is 47.7 Å². The smallest absolute Gasteiger partial charge is 0.0492 e. The van der Waals surface area contributed by atoms with Gasteiger partial charge < -0.3 is 9.30 Å². The fourth-order valence-electron chi connectivity index (χ4n) is 2.81. The Kier molecular flexibility index (Phi) is 4.34. The van der Waals surface area contributed by atoms with Gasteiger partial charge in [-0.1, -0.05) is 19.1 Å². The Morgan fingerprint density at radius 2 is 2.15 bits per heavy atom. The molecule has 1 aromatic heterocycles. The van der Waals surface area contributed by atoms with Crippen molar-refractivity contribution in [2.24, 2.45) is 7.05 Å². The van der Waals surface area contributed by atoms with Gasteiger partial charge in [-0.05, 0) is 42.8 Å². The van der Waals surface area contributed by atoms with Crippen LogP contribution in [0.15, 0.2) is 29.3 Å². The number of fused-ring (bicyclic) bond motifs is 1. The van der Waals surface area contributed by atoms with E-state index in [9.17, 15) is 0 Å². The number of benzene rings is 1. The molecule has 0 bridgehead atoms. The lowest BCUT2D eigenvalue weighted by Gasteiger charge is -2.22. The molecule has 2 aromatic rings. The second-order valence-corrected chi connectivity index (χ2v) is 6.26. The van der Waals surface area contributed by atoms with E-state index in [1.54, 1.807) is 11.9 Å². The zero-order valence-electron chi connectivity index (χ0n) is 12.2. The molecule has 20 heavy (non-hydrogen) atoms. The van der Waals surface area contributed by atoms with Crippen molar-refractivity contribution in [3.05, 3.63) is 30.0 Å². The zero-order chi connectivity index (χ0) is 13.9. The monoisotopic (exact) mass is 290 g/mol. The minimum Gasteiger partial charge on any atom is -0.381 e. The van der Waals surface area contributed by atoms with Gasteiger partial charge in [-0.2, -0.15) is 0 Å². The summed E-state index contributed by atoms with van der Waals surface area (Å²) in [5.74, 6) is 0. The third kappa shape index (κ3) is 2.73. The van der Waals surface area contributed by atoms with E-state index in [1.165, 1.54) is 21.4 Å². The number of aromatic nitrogens is 1. The normalized spacial score (nSPS) is 16.9. The maximum atomic E-state index is 5.41. The molecule has 1 aromatic carbocycles. The first-order chi connectivity index (χ1) is 9.79. The van der Waals surface area contributed by atoms with Gasteiger partial charge in [-0.3, -0.25) is 4.72 Å². The predicted molar refractivity (Wildman–Crippen MR) is 85.1 cm³/mol. The molecule has 0 unspecified atom stereocenters. The first-order valence-electron chi connectivity index (χ1n) is 7.36. The highest BCUT2D eigenvalue weighted by Gasteiger charge is 2.16. The van der Waals surface area contributed by atoms with E-state index in [0.29, 0.717) is 6.04 Å². The lowest BCUT2D eigenvalue weighted by atomic mass is 10.1. The Hall–Kier alpha value is -0.970. The quantitative estimate of drug-likeness (QED) is 0.873. The van der Waals surface area contributed by atoms with E-state index in [4.69, 9.17) is 4.74 Å². The molecule has 0 aliphatic carbocycles. The molecule has 0 amide bonds. The standard InChI is InChI=1S/C16H22N2OS/c1-3-12-5-4-6-14-16(12)15(11-18(14)2)20-17-13-7-9-19-10-8-13/h4-6,11,13,17H,3,7-10H2,1-2H3. The molecule has 0 radical (unpaired) electrons. The number of aryl methyl sites for hydroxylation is 2. The number of nitrogens with zero attached hydrogens (tertiary/aromatic N) is 1. The Balaban J connectivity index is 1.83. The molecule has 1 saturated heterocycles. The van der Waals surface area contributed by atoms with Crippen LogP contribution in [-0.2, 0) is 18.2 Å². The third-order valence-corrected chi connectivity index (χ3v) is 4.98. The lowest BCUT2D eigenvalue weighted by Crippen LogP contribution is -2.30. The Bertz CT molecular complexity index is 587. The second-order valence-electron chi connectivity index (χ2n) is 5.38. The maximum Gasteiger partial charge on any atom is 0.0492 e. The van der Waals surface area contributed by atoms with Crippen molar-refractivity contribution < 1.29 is 4.74 Å². The predicted octanol–water partition coefficient (Wildman–Crippen LogP) is 3.52. The fraction of sp³-hybridized carbons (Fsp3) is 0.500. The van der Waals surface area contributed by atoms with Crippen LogP contribution in [0.25, 0.3) is 10.9 Å². The summed E-state index contributed by atoms with van der Waals surface area (Å²) < 4.78 is 11.3. The van der Waals surface area contributed by atoms with Gasteiger partial charge in [0.1, 0.15) is 0 Å². The fourth-order valence-corrected chi connectivity index (χ4v) is 3.89. The van der Waals surface area contributed by atoms with Crippen molar-refractivity contribution in [3.8, 4) is 0 Å². The number of rotatable bonds is 4. The minimum atomic E-state index is 0.567. The van der Waals surface area contributed by atoms with Crippen molar-refractivity contribution in [2.75, 3.05) is 13.2 Å². The van der Waals surface area contributed by atoms with Gasteiger partial charge in [0.05, 0.1) is 0 Å². The molecule has 0 atom stereocenters. The molecule has 4 heteroatoms. The van der Waals surface area contributed by atoms with Crippen molar-refractivity contribution in [1.82, 2.24) is 9.29 Å². The van der Waals surface area contributed by atoms with E-state index in [1.807, 2.05) is 0 Å². The summed E-state index contributed by atoms with van der Waals surface area (Å²) in [6, 6.07) is 7.16. The van der Waals surface area contributed by atoms with E-state index in [0.717, 1.165) is 32.5 Å². The Labute approximate surface area is 124 Å². The molecule has 108 valence electrons. The summed E-state index contributed by atoms with van der Waals surface area (Å²) >= 11 is 1.78. The summed E-state index contributed by atoms with van der Waals surface area (Å²) in [4.78, 5) is 1.34. The van der Waals surface area contributed by atoms with Crippen molar-refractivity contribution in [1.29, 1.82) is 0 Å². The van der Waals surface area contributed by atoms with Crippen molar-refractivity contribution >= 4 is 22.9 Å². The molecule has 3 rings (SSSR count). The van der Waals surface area contributed by atoms with E-state index >= 15 is 0 Å². The molecular weight excluding hydrogens is 268 g/mol. The van der Waals surface area contributed by atoms with Gasteiger partial charge in [0, 0.05) is 48.3 Å². The first-order valence-corrected chi connectivity index (χ1v) is 8.18. The SMILES string of the molecule is CCc1cccc2c1c(SNC1CCOCC1)cn2C. The number of hydrogen-bond acceptors (Lipinski definition) is 3. The molecule has 1 fully saturated rings. The van der Waals surface area contributed by atoms with Crippen LogP contribution < -0.4 is 4.72 Å². The molecule has 0 spiro atoms. The minimum absolute atomic E-state index is 0.567. The van der Waals surface area contributed by atoms with Crippen molar-refractivity contribution in [3.63, 3.8) is 0 Å². The highest BCUT2D eigenvalue weighted by molar-refractivity contribution is 7.97.